The van der Waals surface area contributed by atoms with E-state index in [2.05, 4.69) is 0 Å². The van der Waals surface area contributed by atoms with Crippen LogP contribution in [0.25, 0.3) is 0 Å². The largest absolute Gasteiger partial charge is 0.481 e. The molecule has 5 heteroatoms. The van der Waals surface area contributed by atoms with Crippen molar-refractivity contribution in [2.45, 2.75) is 72.1 Å². The minimum atomic E-state index is -0.986. The van der Waals surface area contributed by atoms with Gasteiger partial charge < -0.3 is 21.7 Å². The van der Waals surface area contributed by atoms with E-state index in [1.165, 1.54) is 0 Å². The average molecular weight is 274 g/mol. The van der Waals surface area contributed by atoms with Gasteiger partial charge in [-0.3, -0.25) is 4.79 Å². The first-order valence-corrected chi connectivity index (χ1v) is 6.68. The molecule has 0 radical (unpaired) electrons. The summed E-state index contributed by atoms with van der Waals surface area (Å²) < 4.78 is 0. The molecule has 0 aromatic heterocycles. The zero-order valence-corrected chi connectivity index (χ0v) is 13.0. The summed E-state index contributed by atoms with van der Waals surface area (Å²) in [5.41, 5.74) is 9.55. The van der Waals surface area contributed by atoms with Gasteiger partial charge in [0.15, 0.2) is 0 Å². The van der Waals surface area contributed by atoms with Crippen LogP contribution in [0.3, 0.4) is 0 Å². The first kappa shape index (κ1) is 18.4. The van der Waals surface area contributed by atoms with Crippen LogP contribution in [0.15, 0.2) is 0 Å². The van der Waals surface area contributed by atoms with Gasteiger partial charge in [0, 0.05) is 11.6 Å². The molecule has 0 bridgehead atoms. The first-order chi connectivity index (χ1) is 8.22. The van der Waals surface area contributed by atoms with Crippen molar-refractivity contribution in [1.29, 1.82) is 0 Å². The highest BCUT2D eigenvalue weighted by atomic mass is 16.4. The van der Waals surface area contributed by atoms with E-state index >= 15 is 0 Å². The smallest absolute Gasteiger partial charge is 0.309 e. The van der Waals surface area contributed by atoms with Crippen LogP contribution in [0, 0.1) is 10.8 Å². The normalized spacial score (nSPS) is 19.6. The number of nitrogens with two attached hydrogens (primary N) is 2. The van der Waals surface area contributed by atoms with E-state index in [-0.39, 0.29) is 12.5 Å². The fraction of sp³-hybridized carbons (Fsp3) is 0.929. The molecule has 19 heavy (non-hydrogen) atoms. The lowest BCUT2D eigenvalue weighted by atomic mass is 9.68. The quantitative estimate of drug-likeness (QED) is 0.560. The number of rotatable bonds is 7. The molecule has 0 fully saturated rings. The summed E-state index contributed by atoms with van der Waals surface area (Å²) in [6.07, 6.45) is -0.0162. The summed E-state index contributed by atoms with van der Waals surface area (Å²) in [4.78, 5) is 11.2. The molecule has 0 aromatic rings. The van der Waals surface area contributed by atoms with E-state index in [0.29, 0.717) is 6.42 Å². The van der Waals surface area contributed by atoms with Crippen LogP contribution in [0.1, 0.15) is 54.4 Å². The predicted octanol–water partition coefficient (Wildman–Crippen LogP) is 1.33. The van der Waals surface area contributed by atoms with Crippen molar-refractivity contribution >= 4 is 5.97 Å². The molecule has 3 atom stereocenters. The number of carboxylic acids is 1. The Morgan fingerprint density at radius 3 is 1.95 bits per heavy atom. The number of aliphatic carboxylic acids is 1. The van der Waals surface area contributed by atoms with E-state index in [9.17, 15) is 15.0 Å². The van der Waals surface area contributed by atoms with E-state index in [1.807, 2.05) is 20.8 Å². The summed E-state index contributed by atoms with van der Waals surface area (Å²) in [5.74, 6) is -0.915. The molecule has 0 saturated carbocycles. The molecule has 6 N–H and O–H groups in total. The standard InChI is InChI=1S/C14H30N2O3/c1-9(15)7-12(2,3)10(17)14(6,16)8-13(4,5)11(18)19/h9-10,17H,7-8,15-16H2,1-6H3,(H,18,19). The third kappa shape index (κ3) is 5.09. The third-order valence-electron chi connectivity index (χ3n) is 3.61. The van der Waals surface area contributed by atoms with E-state index in [4.69, 9.17) is 11.5 Å². The highest BCUT2D eigenvalue weighted by molar-refractivity contribution is 5.73. The molecule has 0 aliphatic heterocycles. The van der Waals surface area contributed by atoms with Crippen molar-refractivity contribution in [1.82, 2.24) is 0 Å². The maximum atomic E-state index is 11.2. The van der Waals surface area contributed by atoms with Crippen molar-refractivity contribution in [2.75, 3.05) is 0 Å². The van der Waals surface area contributed by atoms with E-state index in [1.54, 1.807) is 20.8 Å². The van der Waals surface area contributed by atoms with Gasteiger partial charge in [-0.2, -0.15) is 0 Å². The van der Waals surface area contributed by atoms with Gasteiger partial charge >= 0.3 is 5.97 Å². The van der Waals surface area contributed by atoms with Gasteiger partial charge in [-0.1, -0.05) is 13.8 Å². The van der Waals surface area contributed by atoms with Crippen molar-refractivity contribution in [3.8, 4) is 0 Å². The van der Waals surface area contributed by atoms with Crippen LogP contribution in [0.5, 0.6) is 0 Å². The SMILES string of the molecule is CC(N)CC(C)(C)C(O)C(C)(N)CC(C)(C)C(=O)O. The topological polar surface area (TPSA) is 110 Å². The van der Waals surface area contributed by atoms with Gasteiger partial charge in [0.05, 0.1) is 11.5 Å². The van der Waals surface area contributed by atoms with Crippen LogP contribution in [-0.4, -0.2) is 33.9 Å². The van der Waals surface area contributed by atoms with Crippen molar-refractivity contribution in [3.05, 3.63) is 0 Å². The molecule has 0 aliphatic carbocycles. The number of aliphatic hydroxyl groups excluding tert-OH is 1. The Hall–Kier alpha value is -0.650. The minimum absolute atomic E-state index is 0.0482. The molecule has 0 amide bonds. The van der Waals surface area contributed by atoms with Crippen LogP contribution in [0.4, 0.5) is 0 Å². The predicted molar refractivity (Wildman–Crippen MR) is 76.7 cm³/mol. The van der Waals surface area contributed by atoms with Crippen molar-refractivity contribution < 1.29 is 15.0 Å². The Balaban J connectivity index is 5.05. The second-order valence-electron chi connectivity index (χ2n) is 7.44. The summed E-state index contributed by atoms with van der Waals surface area (Å²) in [7, 11) is 0. The number of hydrogen-bond acceptors (Lipinski definition) is 4. The van der Waals surface area contributed by atoms with E-state index in [0.717, 1.165) is 0 Å². The van der Waals surface area contributed by atoms with Crippen molar-refractivity contribution in [3.63, 3.8) is 0 Å². The van der Waals surface area contributed by atoms with Gasteiger partial charge in [0.1, 0.15) is 0 Å². The average Bonchev–Trinajstić information content (AvgIpc) is 2.12. The van der Waals surface area contributed by atoms with Crippen LogP contribution in [-0.2, 0) is 4.79 Å². The van der Waals surface area contributed by atoms with Gasteiger partial charge in [0.25, 0.3) is 0 Å². The minimum Gasteiger partial charge on any atom is -0.481 e. The molecule has 0 rings (SSSR count). The molecule has 5 nitrogen and oxygen atoms in total. The second-order valence-corrected chi connectivity index (χ2v) is 7.44. The monoisotopic (exact) mass is 274 g/mol. The number of carboxylic acid groups (broad SMARTS) is 1. The van der Waals surface area contributed by atoms with Crippen LogP contribution in [0.2, 0.25) is 0 Å². The summed E-state index contributed by atoms with van der Waals surface area (Å²) >= 11 is 0. The summed E-state index contributed by atoms with van der Waals surface area (Å²) in [5, 5.41) is 19.7. The first-order valence-electron chi connectivity index (χ1n) is 6.68. The zero-order chi connectivity index (χ0) is 15.6. The Labute approximate surface area is 116 Å². The Kier molecular flexibility index (Phi) is 5.57. The fourth-order valence-corrected chi connectivity index (χ4v) is 2.96. The highest BCUT2D eigenvalue weighted by Gasteiger charge is 2.45. The lowest BCUT2D eigenvalue weighted by Crippen LogP contribution is -2.58. The molecular weight excluding hydrogens is 244 g/mol. The van der Waals surface area contributed by atoms with Gasteiger partial charge in [-0.05, 0) is 46.0 Å². The Morgan fingerprint density at radius 1 is 1.21 bits per heavy atom. The number of aliphatic hydroxyl groups is 1. The summed E-state index contributed by atoms with van der Waals surface area (Å²) in [6.45, 7) is 10.6. The van der Waals surface area contributed by atoms with Gasteiger partial charge in [-0.15, -0.1) is 0 Å². The molecule has 114 valence electrons. The zero-order valence-electron chi connectivity index (χ0n) is 13.0. The number of hydrogen-bond donors (Lipinski definition) is 4. The third-order valence-corrected chi connectivity index (χ3v) is 3.61. The maximum Gasteiger partial charge on any atom is 0.309 e. The van der Waals surface area contributed by atoms with Crippen molar-refractivity contribution in [2.24, 2.45) is 22.3 Å². The molecule has 0 heterocycles. The fourth-order valence-electron chi connectivity index (χ4n) is 2.96. The van der Waals surface area contributed by atoms with Gasteiger partial charge in [-0.25, -0.2) is 0 Å². The second kappa shape index (κ2) is 5.77. The molecule has 3 unspecified atom stereocenters. The highest BCUT2D eigenvalue weighted by Crippen LogP contribution is 2.37. The molecule has 0 spiro atoms. The van der Waals surface area contributed by atoms with Crippen LogP contribution >= 0.6 is 0 Å². The van der Waals surface area contributed by atoms with Gasteiger partial charge in [0.2, 0.25) is 0 Å². The summed E-state index contributed by atoms with van der Waals surface area (Å²) in [6, 6.07) is -0.0482. The van der Waals surface area contributed by atoms with E-state index < -0.39 is 28.4 Å². The molecule has 0 aromatic carbocycles. The lowest BCUT2D eigenvalue weighted by molar-refractivity contribution is -0.149. The number of carbonyl (C=O) groups is 1. The molecular formula is C14H30N2O3. The Bertz CT molecular complexity index is 323. The molecule has 0 aliphatic rings. The van der Waals surface area contributed by atoms with Crippen LogP contribution < -0.4 is 11.5 Å². The maximum absolute atomic E-state index is 11.2. The molecule has 0 saturated heterocycles. The lowest BCUT2D eigenvalue weighted by Gasteiger charge is -2.44. The Morgan fingerprint density at radius 2 is 1.63 bits per heavy atom.